The van der Waals surface area contributed by atoms with Gasteiger partial charge in [-0.25, -0.2) is 4.79 Å². The predicted octanol–water partition coefficient (Wildman–Crippen LogP) is 3.45. The number of hydrogen-bond donors (Lipinski definition) is 1. The lowest BCUT2D eigenvalue weighted by Crippen LogP contribution is -2.07. The van der Waals surface area contributed by atoms with Gasteiger partial charge in [-0.15, -0.1) is 0 Å². The molecule has 2 rings (SSSR count). The van der Waals surface area contributed by atoms with Crippen molar-refractivity contribution in [1.29, 1.82) is 0 Å². The number of carboxylic acids is 1. The van der Waals surface area contributed by atoms with Crippen LogP contribution in [0.2, 0.25) is 5.02 Å². The Morgan fingerprint density at radius 2 is 2.06 bits per heavy atom. The predicted molar refractivity (Wildman–Crippen MR) is 71.3 cm³/mol. The number of aromatic nitrogens is 1. The van der Waals surface area contributed by atoms with Crippen molar-refractivity contribution >= 4 is 17.6 Å². The molecule has 3 nitrogen and oxygen atoms in total. The molecule has 0 saturated heterocycles. The van der Waals surface area contributed by atoms with Crippen LogP contribution >= 0.6 is 11.6 Å². The topological polar surface area (TPSA) is 42.2 Å². The summed E-state index contributed by atoms with van der Waals surface area (Å²) in [5.74, 6) is -0.884. The van der Waals surface area contributed by atoms with E-state index in [2.05, 4.69) is 0 Å². The molecule has 18 heavy (non-hydrogen) atoms. The number of aromatic carboxylic acids is 1. The molecule has 0 atom stereocenters. The van der Waals surface area contributed by atoms with Gasteiger partial charge < -0.3 is 9.67 Å². The van der Waals surface area contributed by atoms with Crippen LogP contribution in [0.4, 0.5) is 0 Å². The first-order chi connectivity index (χ1) is 8.63. The minimum atomic E-state index is -0.884. The zero-order chi connectivity index (χ0) is 13.1. The molecule has 0 fully saturated rings. The Labute approximate surface area is 111 Å². The molecule has 0 aliphatic heterocycles. The van der Waals surface area contributed by atoms with Crippen LogP contribution in [-0.4, -0.2) is 15.6 Å². The van der Waals surface area contributed by atoms with E-state index in [1.165, 1.54) is 0 Å². The van der Waals surface area contributed by atoms with Crippen LogP contribution in [0.5, 0.6) is 0 Å². The van der Waals surface area contributed by atoms with Crippen LogP contribution in [0, 0.1) is 0 Å². The van der Waals surface area contributed by atoms with E-state index >= 15 is 0 Å². The Morgan fingerprint density at radius 3 is 2.67 bits per heavy atom. The lowest BCUT2D eigenvalue weighted by molar-refractivity contribution is 0.0695. The first-order valence-corrected chi connectivity index (χ1v) is 6.16. The number of carboxylic acid groups (broad SMARTS) is 1. The summed E-state index contributed by atoms with van der Waals surface area (Å²) in [6, 6.07) is 9.23. The van der Waals surface area contributed by atoms with E-state index in [-0.39, 0.29) is 0 Å². The zero-order valence-corrected chi connectivity index (χ0v) is 10.8. The summed E-state index contributed by atoms with van der Waals surface area (Å²) in [5.41, 5.74) is 2.17. The maximum Gasteiger partial charge on any atom is 0.337 e. The highest BCUT2D eigenvalue weighted by atomic mass is 35.5. The van der Waals surface area contributed by atoms with E-state index in [4.69, 9.17) is 16.7 Å². The van der Waals surface area contributed by atoms with Gasteiger partial charge in [-0.1, -0.05) is 36.7 Å². The van der Waals surface area contributed by atoms with Gasteiger partial charge in [-0.3, -0.25) is 0 Å². The SMILES string of the molecule is CCc1c(C(=O)O)ccn1Cc1ccccc1Cl. The maximum absolute atomic E-state index is 11.1. The average Bonchev–Trinajstić information content (AvgIpc) is 2.75. The molecule has 1 aromatic carbocycles. The number of nitrogens with zero attached hydrogens (tertiary/aromatic N) is 1. The Hall–Kier alpha value is -1.74. The van der Waals surface area contributed by atoms with Crippen molar-refractivity contribution in [2.24, 2.45) is 0 Å². The highest BCUT2D eigenvalue weighted by Gasteiger charge is 2.13. The Kier molecular flexibility index (Phi) is 3.72. The largest absolute Gasteiger partial charge is 0.478 e. The van der Waals surface area contributed by atoms with Crippen molar-refractivity contribution in [2.45, 2.75) is 19.9 Å². The summed E-state index contributed by atoms with van der Waals surface area (Å²) in [7, 11) is 0. The van der Waals surface area contributed by atoms with Crippen molar-refractivity contribution in [3.63, 3.8) is 0 Å². The van der Waals surface area contributed by atoms with Gasteiger partial charge in [0.1, 0.15) is 0 Å². The van der Waals surface area contributed by atoms with E-state index in [1.54, 1.807) is 12.3 Å². The van der Waals surface area contributed by atoms with Gasteiger partial charge in [0.2, 0.25) is 0 Å². The monoisotopic (exact) mass is 263 g/mol. The Morgan fingerprint density at radius 1 is 1.33 bits per heavy atom. The van der Waals surface area contributed by atoms with Crippen LogP contribution in [0.15, 0.2) is 36.5 Å². The highest BCUT2D eigenvalue weighted by Crippen LogP contribution is 2.19. The molecule has 0 radical (unpaired) electrons. The number of rotatable bonds is 4. The molecule has 0 spiro atoms. The highest BCUT2D eigenvalue weighted by molar-refractivity contribution is 6.31. The quantitative estimate of drug-likeness (QED) is 0.918. The van der Waals surface area contributed by atoms with Crippen LogP contribution in [0.1, 0.15) is 28.5 Å². The van der Waals surface area contributed by atoms with Gasteiger partial charge in [0, 0.05) is 23.5 Å². The van der Waals surface area contributed by atoms with Crippen LogP contribution in [0.25, 0.3) is 0 Å². The lowest BCUT2D eigenvalue weighted by atomic mass is 10.2. The fraction of sp³-hybridized carbons (Fsp3) is 0.214. The second-order valence-electron chi connectivity index (χ2n) is 4.05. The molecule has 1 N–H and O–H groups in total. The third-order valence-electron chi connectivity index (χ3n) is 2.94. The molecule has 0 saturated carbocycles. The van der Waals surface area contributed by atoms with Gasteiger partial charge in [-0.05, 0) is 24.1 Å². The number of benzene rings is 1. The molecule has 0 amide bonds. The number of hydrogen-bond acceptors (Lipinski definition) is 1. The molecule has 1 heterocycles. The zero-order valence-electron chi connectivity index (χ0n) is 10.1. The Balaban J connectivity index is 2.35. The van der Waals surface area contributed by atoms with Crippen LogP contribution in [-0.2, 0) is 13.0 Å². The summed E-state index contributed by atoms with van der Waals surface area (Å²) in [6.07, 6.45) is 2.48. The fourth-order valence-corrected chi connectivity index (χ4v) is 2.25. The minimum absolute atomic E-state index is 0.365. The van der Waals surface area contributed by atoms with Gasteiger partial charge in [0.05, 0.1) is 5.56 Å². The summed E-state index contributed by atoms with van der Waals surface area (Å²) in [6.45, 7) is 2.54. The van der Waals surface area contributed by atoms with Gasteiger partial charge >= 0.3 is 5.97 Å². The smallest absolute Gasteiger partial charge is 0.337 e. The summed E-state index contributed by atoms with van der Waals surface area (Å²) in [4.78, 5) is 11.1. The first kappa shape index (κ1) is 12.7. The molecule has 0 aliphatic rings. The van der Waals surface area contributed by atoms with Crippen molar-refractivity contribution in [2.75, 3.05) is 0 Å². The molecular formula is C14H14ClNO2. The molecule has 0 aliphatic carbocycles. The summed E-state index contributed by atoms with van der Waals surface area (Å²) >= 11 is 6.11. The molecule has 0 unspecified atom stereocenters. The van der Waals surface area contributed by atoms with Crippen molar-refractivity contribution in [3.05, 3.63) is 58.4 Å². The normalized spacial score (nSPS) is 10.6. The third kappa shape index (κ3) is 2.41. The standard InChI is InChI=1S/C14H14ClNO2/c1-2-13-11(14(17)18)7-8-16(13)9-10-5-3-4-6-12(10)15/h3-8H,2,9H2,1H3,(H,17,18). The molecule has 94 valence electrons. The van der Waals surface area contributed by atoms with Gasteiger partial charge in [0.15, 0.2) is 0 Å². The van der Waals surface area contributed by atoms with Crippen LogP contribution in [0.3, 0.4) is 0 Å². The maximum atomic E-state index is 11.1. The van der Waals surface area contributed by atoms with E-state index in [9.17, 15) is 4.79 Å². The second-order valence-corrected chi connectivity index (χ2v) is 4.46. The van der Waals surface area contributed by atoms with Gasteiger partial charge in [0.25, 0.3) is 0 Å². The van der Waals surface area contributed by atoms with E-state index < -0.39 is 5.97 Å². The second kappa shape index (κ2) is 5.27. The first-order valence-electron chi connectivity index (χ1n) is 5.78. The lowest BCUT2D eigenvalue weighted by Gasteiger charge is -2.10. The van der Waals surface area contributed by atoms with Crippen molar-refractivity contribution in [3.8, 4) is 0 Å². The average molecular weight is 264 g/mol. The minimum Gasteiger partial charge on any atom is -0.478 e. The van der Waals surface area contributed by atoms with E-state index in [1.807, 2.05) is 35.8 Å². The van der Waals surface area contributed by atoms with E-state index in [0.717, 1.165) is 11.3 Å². The molecular weight excluding hydrogens is 250 g/mol. The Bertz CT molecular complexity index is 575. The molecule has 4 heteroatoms. The van der Waals surface area contributed by atoms with Crippen molar-refractivity contribution < 1.29 is 9.90 Å². The summed E-state index contributed by atoms with van der Waals surface area (Å²) < 4.78 is 1.94. The summed E-state index contributed by atoms with van der Waals surface area (Å²) in [5, 5.41) is 9.79. The van der Waals surface area contributed by atoms with Gasteiger partial charge in [-0.2, -0.15) is 0 Å². The number of halogens is 1. The van der Waals surface area contributed by atoms with Crippen LogP contribution < -0.4 is 0 Å². The fourth-order valence-electron chi connectivity index (χ4n) is 2.05. The van der Waals surface area contributed by atoms with E-state index in [0.29, 0.717) is 23.6 Å². The molecule has 2 aromatic rings. The molecule has 0 bridgehead atoms. The number of carbonyl (C=O) groups is 1. The van der Waals surface area contributed by atoms with Crippen molar-refractivity contribution in [1.82, 2.24) is 4.57 Å². The third-order valence-corrected chi connectivity index (χ3v) is 3.31. The molecule has 1 aromatic heterocycles.